The average Bonchev–Trinajstić information content (AvgIpc) is 2.95. The minimum atomic E-state index is -0.915. The number of carboxylic acids is 1. The number of hydrogen-bond donors (Lipinski definition) is 3. The fourth-order valence-electron chi connectivity index (χ4n) is 4.65. The van der Waals surface area contributed by atoms with Crippen LogP contribution in [-0.2, 0) is 14.3 Å². The molecule has 2 fully saturated rings. The minimum Gasteiger partial charge on any atom is -0.491 e. The summed E-state index contributed by atoms with van der Waals surface area (Å²) in [5.74, 6) is 0.0139. The second kappa shape index (κ2) is 12.3. The highest BCUT2D eigenvalue weighted by Gasteiger charge is 2.43. The molecule has 1 saturated heterocycles. The molecule has 0 amide bonds. The Hall–Kier alpha value is -1.93. The fraction of sp³-hybridized carbons (Fsp3) is 0.640. The number of ether oxygens (including phenoxy) is 3. The number of hydrogen-bond acceptors (Lipinski definition) is 6. The molecule has 1 aliphatic heterocycles. The van der Waals surface area contributed by atoms with Crippen molar-refractivity contribution in [2.24, 2.45) is 17.8 Å². The van der Waals surface area contributed by atoms with Gasteiger partial charge in [0.05, 0.1) is 25.4 Å². The topological polar surface area (TPSA) is 105 Å². The number of carboxylic acid groups (broad SMARTS) is 1. The van der Waals surface area contributed by atoms with Crippen molar-refractivity contribution < 1.29 is 34.3 Å². The van der Waals surface area contributed by atoms with Crippen LogP contribution >= 0.6 is 0 Å². The zero-order chi connectivity index (χ0) is 22.9. The van der Waals surface area contributed by atoms with Gasteiger partial charge in [0.25, 0.3) is 0 Å². The van der Waals surface area contributed by atoms with Crippen molar-refractivity contribution in [2.45, 2.75) is 63.4 Å². The molecule has 7 nitrogen and oxygen atoms in total. The molecule has 1 heterocycles. The van der Waals surface area contributed by atoms with Crippen molar-refractivity contribution in [1.82, 2.24) is 0 Å². The third kappa shape index (κ3) is 7.04. The molecule has 0 bridgehead atoms. The smallest absolute Gasteiger partial charge is 0.332 e. The molecule has 1 unspecified atom stereocenters. The molecule has 178 valence electrons. The quantitative estimate of drug-likeness (QED) is 0.447. The number of carbonyl (C=O) groups is 1. The lowest BCUT2D eigenvalue weighted by atomic mass is 9.87. The molecule has 1 aromatic rings. The van der Waals surface area contributed by atoms with E-state index >= 15 is 0 Å². The molecule has 0 aromatic heterocycles. The standard InChI is InChI=1S/C25H36O7/c1-2-6-23(25(28)29)31-14-17-9-11-21-20(22(27)13-24(21)32-15-17)12-10-18(26)16-30-19-7-4-3-5-8-19/h3-5,7-8,10,12,17-18,20-24,26-27H,2,6,9,11,13-16H2,1H3,(H,28,29)/t17-,18+,20+,21+,22+,23?,24-/m0/s1. The van der Waals surface area contributed by atoms with Gasteiger partial charge in [0.1, 0.15) is 18.5 Å². The summed E-state index contributed by atoms with van der Waals surface area (Å²) in [7, 11) is 0. The molecule has 3 N–H and O–H groups in total. The summed E-state index contributed by atoms with van der Waals surface area (Å²) in [5.41, 5.74) is 0. The van der Waals surface area contributed by atoms with E-state index in [1.807, 2.05) is 43.3 Å². The van der Waals surface area contributed by atoms with Gasteiger partial charge in [-0.15, -0.1) is 0 Å². The molecule has 7 heteroatoms. The van der Waals surface area contributed by atoms with E-state index in [1.54, 1.807) is 6.08 Å². The van der Waals surface area contributed by atoms with Crippen LogP contribution < -0.4 is 4.74 Å². The second-order valence-corrected chi connectivity index (χ2v) is 8.88. The first kappa shape index (κ1) is 24.7. The normalized spacial score (nSPS) is 29.9. The summed E-state index contributed by atoms with van der Waals surface area (Å²) in [6, 6.07) is 9.34. The van der Waals surface area contributed by atoms with E-state index in [9.17, 15) is 20.1 Å². The Morgan fingerprint density at radius 3 is 2.78 bits per heavy atom. The summed E-state index contributed by atoms with van der Waals surface area (Å²) in [4.78, 5) is 11.3. The Bertz CT molecular complexity index is 722. The number of rotatable bonds is 11. The molecule has 7 atom stereocenters. The fourth-order valence-corrected chi connectivity index (χ4v) is 4.65. The van der Waals surface area contributed by atoms with Gasteiger partial charge in [0.2, 0.25) is 0 Å². The number of aliphatic hydroxyl groups is 2. The van der Waals surface area contributed by atoms with Gasteiger partial charge in [-0.3, -0.25) is 0 Å². The van der Waals surface area contributed by atoms with Crippen molar-refractivity contribution in [3.05, 3.63) is 42.5 Å². The maximum atomic E-state index is 11.3. The lowest BCUT2D eigenvalue weighted by Crippen LogP contribution is -2.27. The lowest BCUT2D eigenvalue weighted by molar-refractivity contribution is -0.152. The van der Waals surface area contributed by atoms with Crippen LogP contribution in [0.3, 0.4) is 0 Å². The minimum absolute atomic E-state index is 0.0340. The Balaban J connectivity index is 1.49. The number of aliphatic carboxylic acids is 1. The van der Waals surface area contributed by atoms with Crippen LogP contribution in [-0.4, -0.2) is 65.5 Å². The maximum absolute atomic E-state index is 11.3. The van der Waals surface area contributed by atoms with Gasteiger partial charge in [-0.05, 0) is 37.3 Å². The van der Waals surface area contributed by atoms with Crippen LogP contribution in [0, 0.1) is 17.8 Å². The highest BCUT2D eigenvalue weighted by atomic mass is 16.5. The van der Waals surface area contributed by atoms with Gasteiger partial charge < -0.3 is 29.5 Å². The lowest BCUT2D eigenvalue weighted by Gasteiger charge is -2.21. The predicted molar refractivity (Wildman–Crippen MR) is 119 cm³/mol. The van der Waals surface area contributed by atoms with Crippen molar-refractivity contribution in [3.63, 3.8) is 0 Å². The molecular formula is C25H36O7. The predicted octanol–water partition coefficient (Wildman–Crippen LogP) is 3.04. The number of fused-ring (bicyclic) bond motifs is 1. The second-order valence-electron chi connectivity index (χ2n) is 8.88. The third-order valence-electron chi connectivity index (χ3n) is 6.42. The first-order valence-corrected chi connectivity index (χ1v) is 11.7. The zero-order valence-electron chi connectivity index (χ0n) is 18.7. The van der Waals surface area contributed by atoms with Crippen LogP contribution in [0.15, 0.2) is 42.5 Å². The summed E-state index contributed by atoms with van der Waals surface area (Å²) >= 11 is 0. The number of aliphatic hydroxyl groups excluding tert-OH is 2. The van der Waals surface area contributed by atoms with Crippen molar-refractivity contribution >= 4 is 5.97 Å². The van der Waals surface area contributed by atoms with Gasteiger partial charge in [-0.1, -0.05) is 43.7 Å². The first-order chi connectivity index (χ1) is 15.5. The van der Waals surface area contributed by atoms with Crippen LogP contribution in [0.25, 0.3) is 0 Å². The molecule has 1 aromatic carbocycles. The van der Waals surface area contributed by atoms with Gasteiger partial charge in [0.15, 0.2) is 6.10 Å². The zero-order valence-corrected chi connectivity index (χ0v) is 18.7. The van der Waals surface area contributed by atoms with Gasteiger partial charge >= 0.3 is 5.97 Å². The average molecular weight is 449 g/mol. The molecular weight excluding hydrogens is 412 g/mol. The van der Waals surface area contributed by atoms with Gasteiger partial charge in [-0.25, -0.2) is 4.79 Å². The van der Waals surface area contributed by atoms with Crippen molar-refractivity contribution in [1.29, 1.82) is 0 Å². The van der Waals surface area contributed by atoms with E-state index < -0.39 is 24.3 Å². The summed E-state index contributed by atoms with van der Waals surface area (Å²) in [6.07, 6.45) is 5.09. The number of benzene rings is 1. The molecule has 1 saturated carbocycles. The number of para-hydroxylation sites is 1. The van der Waals surface area contributed by atoms with E-state index in [2.05, 4.69) is 0 Å². The molecule has 1 aliphatic carbocycles. The SMILES string of the molecule is CCCC(OC[C@@H]1CC[C@@H]2[C@@H](C=C[C@@H](O)COc3ccccc3)[C@H](O)C[C@@H]2OC1)C(=O)O. The molecule has 0 spiro atoms. The van der Waals surface area contributed by atoms with Crippen molar-refractivity contribution in [3.8, 4) is 5.75 Å². The molecule has 0 radical (unpaired) electrons. The van der Waals surface area contributed by atoms with Crippen LogP contribution in [0.4, 0.5) is 0 Å². The highest BCUT2D eigenvalue weighted by Crippen LogP contribution is 2.41. The summed E-state index contributed by atoms with van der Waals surface area (Å²) in [5, 5.41) is 30.1. The van der Waals surface area contributed by atoms with E-state index in [0.29, 0.717) is 31.8 Å². The Morgan fingerprint density at radius 2 is 2.06 bits per heavy atom. The molecule has 3 rings (SSSR count). The van der Waals surface area contributed by atoms with E-state index in [4.69, 9.17) is 14.2 Å². The van der Waals surface area contributed by atoms with Crippen LogP contribution in [0.5, 0.6) is 5.75 Å². The van der Waals surface area contributed by atoms with Crippen LogP contribution in [0.1, 0.15) is 39.0 Å². The Morgan fingerprint density at radius 1 is 1.28 bits per heavy atom. The Kier molecular flexibility index (Phi) is 9.53. The first-order valence-electron chi connectivity index (χ1n) is 11.7. The molecule has 32 heavy (non-hydrogen) atoms. The van der Waals surface area contributed by atoms with E-state index in [1.165, 1.54) is 0 Å². The highest BCUT2D eigenvalue weighted by molar-refractivity contribution is 5.72. The van der Waals surface area contributed by atoms with Gasteiger partial charge in [-0.2, -0.15) is 0 Å². The van der Waals surface area contributed by atoms with E-state index in [0.717, 1.165) is 19.3 Å². The van der Waals surface area contributed by atoms with Crippen LogP contribution in [0.2, 0.25) is 0 Å². The monoisotopic (exact) mass is 448 g/mol. The summed E-state index contributed by atoms with van der Waals surface area (Å²) < 4.78 is 17.3. The summed E-state index contributed by atoms with van der Waals surface area (Å²) in [6.45, 7) is 2.97. The molecule has 2 aliphatic rings. The van der Waals surface area contributed by atoms with Gasteiger partial charge in [0, 0.05) is 18.3 Å². The van der Waals surface area contributed by atoms with Crippen molar-refractivity contribution in [2.75, 3.05) is 19.8 Å². The maximum Gasteiger partial charge on any atom is 0.332 e. The third-order valence-corrected chi connectivity index (χ3v) is 6.42. The Labute approximate surface area is 190 Å². The largest absolute Gasteiger partial charge is 0.491 e. The van der Waals surface area contributed by atoms with E-state index in [-0.39, 0.29) is 30.5 Å².